The fourth-order valence-electron chi connectivity index (χ4n) is 3.98. The fourth-order valence-corrected chi connectivity index (χ4v) is 3.98. The van der Waals surface area contributed by atoms with Crippen LogP contribution in [0.25, 0.3) is 0 Å². The molecule has 0 aliphatic carbocycles. The highest BCUT2D eigenvalue weighted by molar-refractivity contribution is 6.01. The SMILES string of the molecule is CCc1cccc(NC(=O)CC(CC(=O)Nc2cccc(CC)c2)C(=O)Nc2cccc(CC)c2)c1. The minimum absolute atomic E-state index is 0.113. The number of carbonyl (C=O) groups excluding carboxylic acids is 3. The first kappa shape index (κ1) is 26.7. The first-order valence-electron chi connectivity index (χ1n) is 12.6. The van der Waals surface area contributed by atoms with Gasteiger partial charge < -0.3 is 16.0 Å². The maximum atomic E-state index is 13.2. The summed E-state index contributed by atoms with van der Waals surface area (Å²) in [7, 11) is 0. The van der Waals surface area contributed by atoms with Crippen LogP contribution in [0.2, 0.25) is 0 Å². The number of hydrogen-bond donors (Lipinski definition) is 3. The highest BCUT2D eigenvalue weighted by Crippen LogP contribution is 2.19. The number of amides is 3. The molecule has 0 heterocycles. The minimum atomic E-state index is -0.834. The molecule has 3 rings (SSSR count). The zero-order chi connectivity index (χ0) is 25.9. The van der Waals surface area contributed by atoms with Gasteiger partial charge in [-0.05, 0) is 72.4 Å². The third-order valence-electron chi connectivity index (χ3n) is 6.08. The van der Waals surface area contributed by atoms with Crippen molar-refractivity contribution in [2.45, 2.75) is 52.9 Å². The van der Waals surface area contributed by atoms with Crippen LogP contribution in [-0.2, 0) is 33.6 Å². The van der Waals surface area contributed by atoms with Crippen LogP contribution in [0.15, 0.2) is 72.8 Å². The maximum absolute atomic E-state index is 13.2. The monoisotopic (exact) mass is 485 g/mol. The molecule has 3 N–H and O–H groups in total. The highest BCUT2D eigenvalue weighted by atomic mass is 16.2. The number of carbonyl (C=O) groups is 3. The summed E-state index contributed by atoms with van der Waals surface area (Å²) in [6.07, 6.45) is 2.32. The quantitative estimate of drug-likeness (QED) is 0.312. The Morgan fingerprint density at radius 1 is 0.583 bits per heavy atom. The van der Waals surface area contributed by atoms with E-state index in [2.05, 4.69) is 16.0 Å². The summed E-state index contributed by atoms with van der Waals surface area (Å²) in [5, 5.41) is 8.64. The molecule has 6 nitrogen and oxygen atoms in total. The van der Waals surface area contributed by atoms with Gasteiger partial charge in [0.25, 0.3) is 0 Å². The Hall–Kier alpha value is -3.93. The molecule has 3 amide bonds. The van der Waals surface area contributed by atoms with Gasteiger partial charge in [0.2, 0.25) is 17.7 Å². The molecule has 0 saturated carbocycles. The summed E-state index contributed by atoms with van der Waals surface area (Å²) in [6, 6.07) is 22.8. The van der Waals surface area contributed by atoms with E-state index in [1.807, 2.05) is 87.5 Å². The van der Waals surface area contributed by atoms with Gasteiger partial charge in [0.1, 0.15) is 0 Å². The molecule has 0 bridgehead atoms. The lowest BCUT2D eigenvalue weighted by Gasteiger charge is -2.17. The number of hydrogen-bond acceptors (Lipinski definition) is 3. The second-order valence-corrected chi connectivity index (χ2v) is 8.85. The summed E-state index contributed by atoms with van der Waals surface area (Å²) < 4.78 is 0. The molecular weight excluding hydrogens is 450 g/mol. The first-order valence-corrected chi connectivity index (χ1v) is 12.6. The van der Waals surface area contributed by atoms with E-state index in [-0.39, 0.29) is 30.6 Å². The van der Waals surface area contributed by atoms with Crippen LogP contribution in [-0.4, -0.2) is 17.7 Å². The first-order chi connectivity index (χ1) is 17.4. The number of benzene rings is 3. The lowest BCUT2D eigenvalue weighted by molar-refractivity contribution is -0.127. The number of nitrogens with one attached hydrogen (secondary N) is 3. The molecule has 36 heavy (non-hydrogen) atoms. The Bertz CT molecular complexity index is 1140. The summed E-state index contributed by atoms with van der Waals surface area (Å²) in [4.78, 5) is 39.0. The number of rotatable bonds is 11. The van der Waals surface area contributed by atoms with Gasteiger partial charge in [-0.15, -0.1) is 0 Å². The van der Waals surface area contributed by atoms with E-state index in [0.717, 1.165) is 36.0 Å². The van der Waals surface area contributed by atoms with Crippen molar-refractivity contribution in [3.63, 3.8) is 0 Å². The fraction of sp³-hybridized carbons (Fsp3) is 0.300. The van der Waals surface area contributed by atoms with Crippen molar-refractivity contribution in [3.05, 3.63) is 89.5 Å². The lowest BCUT2D eigenvalue weighted by Crippen LogP contribution is -2.31. The van der Waals surface area contributed by atoms with Gasteiger partial charge in [-0.2, -0.15) is 0 Å². The highest BCUT2D eigenvalue weighted by Gasteiger charge is 2.25. The van der Waals surface area contributed by atoms with Crippen molar-refractivity contribution in [1.82, 2.24) is 0 Å². The molecule has 0 saturated heterocycles. The number of anilines is 3. The Morgan fingerprint density at radius 2 is 0.944 bits per heavy atom. The molecule has 0 spiro atoms. The predicted molar refractivity (Wildman–Crippen MR) is 146 cm³/mol. The zero-order valence-corrected chi connectivity index (χ0v) is 21.3. The Balaban J connectivity index is 1.73. The van der Waals surface area contributed by atoms with Crippen molar-refractivity contribution in [3.8, 4) is 0 Å². The van der Waals surface area contributed by atoms with Crippen LogP contribution in [0.1, 0.15) is 50.3 Å². The minimum Gasteiger partial charge on any atom is -0.326 e. The lowest BCUT2D eigenvalue weighted by atomic mass is 9.98. The Labute approximate surface area is 213 Å². The van der Waals surface area contributed by atoms with Crippen LogP contribution in [0.3, 0.4) is 0 Å². The molecule has 0 fully saturated rings. The molecule has 0 atom stereocenters. The smallest absolute Gasteiger partial charge is 0.228 e. The average Bonchev–Trinajstić information content (AvgIpc) is 2.88. The van der Waals surface area contributed by atoms with Crippen molar-refractivity contribution < 1.29 is 14.4 Å². The van der Waals surface area contributed by atoms with Crippen LogP contribution in [0.4, 0.5) is 17.1 Å². The summed E-state index contributed by atoms with van der Waals surface area (Å²) >= 11 is 0. The van der Waals surface area contributed by atoms with E-state index in [0.29, 0.717) is 17.1 Å². The maximum Gasteiger partial charge on any atom is 0.228 e. The third-order valence-corrected chi connectivity index (χ3v) is 6.08. The molecule has 3 aromatic rings. The summed E-state index contributed by atoms with van der Waals surface area (Å²) in [5.41, 5.74) is 5.30. The van der Waals surface area contributed by atoms with E-state index in [4.69, 9.17) is 0 Å². The second kappa shape index (κ2) is 13.2. The molecule has 0 unspecified atom stereocenters. The van der Waals surface area contributed by atoms with Crippen LogP contribution in [0.5, 0.6) is 0 Å². The second-order valence-electron chi connectivity index (χ2n) is 8.85. The van der Waals surface area contributed by atoms with Crippen molar-refractivity contribution in [2.24, 2.45) is 5.92 Å². The normalized spacial score (nSPS) is 10.7. The van der Waals surface area contributed by atoms with Gasteiger partial charge in [0.15, 0.2) is 0 Å². The molecular formula is C30H35N3O3. The van der Waals surface area contributed by atoms with Crippen LogP contribution >= 0.6 is 0 Å². The van der Waals surface area contributed by atoms with Gasteiger partial charge in [-0.3, -0.25) is 14.4 Å². The molecule has 0 aromatic heterocycles. The Kier molecular flexibility index (Phi) is 9.81. The predicted octanol–water partition coefficient (Wildman–Crippen LogP) is 5.99. The largest absolute Gasteiger partial charge is 0.326 e. The van der Waals surface area contributed by atoms with Crippen molar-refractivity contribution in [1.29, 1.82) is 0 Å². The Morgan fingerprint density at radius 3 is 1.31 bits per heavy atom. The van der Waals surface area contributed by atoms with Gasteiger partial charge in [0, 0.05) is 29.9 Å². The molecule has 0 aliphatic heterocycles. The van der Waals surface area contributed by atoms with E-state index in [1.54, 1.807) is 6.07 Å². The number of aryl methyl sites for hydroxylation is 3. The van der Waals surface area contributed by atoms with Crippen LogP contribution in [0, 0.1) is 5.92 Å². The van der Waals surface area contributed by atoms with Gasteiger partial charge in [-0.1, -0.05) is 57.2 Å². The van der Waals surface area contributed by atoms with Gasteiger partial charge in [0.05, 0.1) is 5.92 Å². The van der Waals surface area contributed by atoms with Crippen molar-refractivity contribution >= 4 is 34.8 Å². The van der Waals surface area contributed by atoms with Crippen molar-refractivity contribution in [2.75, 3.05) is 16.0 Å². The van der Waals surface area contributed by atoms with Gasteiger partial charge >= 0.3 is 0 Å². The average molecular weight is 486 g/mol. The van der Waals surface area contributed by atoms with Crippen LogP contribution < -0.4 is 16.0 Å². The summed E-state index contributed by atoms with van der Waals surface area (Å²) in [6.45, 7) is 6.13. The molecule has 0 aliphatic rings. The molecule has 3 aromatic carbocycles. The van der Waals surface area contributed by atoms with E-state index in [9.17, 15) is 14.4 Å². The van der Waals surface area contributed by atoms with E-state index < -0.39 is 5.92 Å². The standard InChI is InChI=1S/C30H35N3O3/c1-4-21-10-7-13-25(16-21)31-28(34)19-24(30(36)33-27-15-9-12-23(6-3)18-27)20-29(35)32-26-14-8-11-22(5-2)17-26/h7-18,24H,4-6,19-20H2,1-3H3,(H,31,34)(H,32,35)(H,33,36). The third kappa shape index (κ3) is 8.08. The molecule has 6 heteroatoms. The zero-order valence-electron chi connectivity index (χ0n) is 21.3. The molecule has 188 valence electrons. The molecule has 0 radical (unpaired) electrons. The summed E-state index contributed by atoms with van der Waals surface area (Å²) in [5.74, 6) is -1.82. The topological polar surface area (TPSA) is 87.3 Å². The van der Waals surface area contributed by atoms with Gasteiger partial charge in [-0.25, -0.2) is 0 Å². The van der Waals surface area contributed by atoms with E-state index >= 15 is 0 Å². The van der Waals surface area contributed by atoms with E-state index in [1.165, 1.54) is 0 Å².